The maximum absolute atomic E-state index is 10.2. The standard InChI is InChI=1S/C21H29N3O3/c1-3-22-21(23-14-13-20(25)17-7-5-4-6-8-17)24-15-16-27-19-11-9-18(26-2)10-12-19/h4-12,20,25H,3,13-16H2,1-2H3,(H2,22,23,24). The molecule has 1 atom stereocenters. The average molecular weight is 371 g/mol. The van der Waals surface area contributed by atoms with Crippen molar-refractivity contribution in [1.82, 2.24) is 10.6 Å². The molecule has 0 saturated carbocycles. The molecule has 0 aliphatic carbocycles. The second-order valence-electron chi connectivity index (χ2n) is 5.93. The van der Waals surface area contributed by atoms with Crippen LogP contribution in [0.3, 0.4) is 0 Å². The molecule has 3 N–H and O–H groups in total. The van der Waals surface area contributed by atoms with Crippen molar-refractivity contribution >= 4 is 5.96 Å². The topological polar surface area (TPSA) is 75.1 Å². The van der Waals surface area contributed by atoms with Crippen molar-refractivity contribution in [3.05, 3.63) is 60.2 Å². The van der Waals surface area contributed by atoms with Crippen LogP contribution in [0.5, 0.6) is 11.5 Å². The first-order chi connectivity index (χ1) is 13.2. The van der Waals surface area contributed by atoms with Gasteiger partial charge in [-0.2, -0.15) is 0 Å². The molecule has 0 spiro atoms. The number of nitrogens with zero attached hydrogens (tertiary/aromatic N) is 1. The van der Waals surface area contributed by atoms with Gasteiger partial charge in [0.15, 0.2) is 5.96 Å². The molecule has 0 bridgehead atoms. The summed E-state index contributed by atoms with van der Waals surface area (Å²) in [6.07, 6.45) is 0.0689. The monoisotopic (exact) mass is 371 g/mol. The van der Waals surface area contributed by atoms with Crippen LogP contribution in [-0.4, -0.2) is 44.4 Å². The highest BCUT2D eigenvalue weighted by atomic mass is 16.5. The van der Waals surface area contributed by atoms with Crippen LogP contribution < -0.4 is 20.1 Å². The quantitative estimate of drug-likeness (QED) is 0.340. The minimum Gasteiger partial charge on any atom is -0.497 e. The lowest BCUT2D eigenvalue weighted by Crippen LogP contribution is -2.39. The van der Waals surface area contributed by atoms with Crippen molar-refractivity contribution in [2.24, 2.45) is 4.99 Å². The molecule has 6 nitrogen and oxygen atoms in total. The van der Waals surface area contributed by atoms with E-state index in [1.165, 1.54) is 0 Å². The maximum Gasteiger partial charge on any atom is 0.191 e. The molecule has 2 aromatic rings. The van der Waals surface area contributed by atoms with E-state index in [0.717, 1.165) is 29.6 Å². The summed E-state index contributed by atoms with van der Waals surface area (Å²) < 4.78 is 10.8. The fraction of sp³-hybridized carbons (Fsp3) is 0.381. The van der Waals surface area contributed by atoms with Crippen LogP contribution in [0.1, 0.15) is 25.0 Å². The molecule has 0 heterocycles. The average Bonchev–Trinajstić information content (AvgIpc) is 2.72. The number of aliphatic imine (C=N–C) groups is 1. The van der Waals surface area contributed by atoms with Crippen molar-refractivity contribution in [2.75, 3.05) is 33.4 Å². The van der Waals surface area contributed by atoms with Gasteiger partial charge in [-0.1, -0.05) is 30.3 Å². The Kier molecular flexibility index (Phi) is 9.00. The van der Waals surface area contributed by atoms with E-state index in [1.54, 1.807) is 7.11 Å². The zero-order valence-electron chi connectivity index (χ0n) is 16.0. The van der Waals surface area contributed by atoms with Crippen LogP contribution in [0.15, 0.2) is 59.6 Å². The maximum atomic E-state index is 10.2. The second-order valence-corrected chi connectivity index (χ2v) is 5.93. The van der Waals surface area contributed by atoms with Gasteiger partial charge >= 0.3 is 0 Å². The van der Waals surface area contributed by atoms with Gasteiger partial charge in [0.2, 0.25) is 0 Å². The van der Waals surface area contributed by atoms with E-state index < -0.39 is 6.10 Å². The third kappa shape index (κ3) is 7.58. The molecule has 0 amide bonds. The Bertz CT molecular complexity index is 675. The molecule has 0 aliphatic heterocycles. The lowest BCUT2D eigenvalue weighted by Gasteiger charge is -2.13. The highest BCUT2D eigenvalue weighted by Crippen LogP contribution is 2.17. The van der Waals surface area contributed by atoms with Gasteiger partial charge in [-0.05, 0) is 43.2 Å². The summed E-state index contributed by atoms with van der Waals surface area (Å²) in [5.74, 6) is 2.32. The lowest BCUT2D eigenvalue weighted by molar-refractivity contribution is 0.170. The molecule has 146 valence electrons. The molecule has 0 aliphatic rings. The first kappa shape index (κ1) is 20.6. The van der Waals surface area contributed by atoms with Gasteiger partial charge in [-0.3, -0.25) is 4.99 Å². The van der Waals surface area contributed by atoms with Gasteiger partial charge in [0.05, 0.1) is 19.8 Å². The Labute approximate surface area is 161 Å². The van der Waals surface area contributed by atoms with Gasteiger partial charge in [0, 0.05) is 13.1 Å². The molecule has 27 heavy (non-hydrogen) atoms. The highest BCUT2D eigenvalue weighted by molar-refractivity contribution is 5.79. The van der Waals surface area contributed by atoms with Crippen molar-refractivity contribution in [1.29, 1.82) is 0 Å². The molecule has 0 aromatic heterocycles. The van der Waals surface area contributed by atoms with E-state index in [1.807, 2.05) is 61.5 Å². The largest absolute Gasteiger partial charge is 0.497 e. The van der Waals surface area contributed by atoms with Gasteiger partial charge in [-0.25, -0.2) is 0 Å². The minimum atomic E-state index is -0.503. The van der Waals surface area contributed by atoms with Crippen molar-refractivity contribution in [3.8, 4) is 11.5 Å². The third-order valence-corrected chi connectivity index (χ3v) is 3.92. The van der Waals surface area contributed by atoms with Gasteiger partial charge in [0.25, 0.3) is 0 Å². The summed E-state index contributed by atoms with van der Waals surface area (Å²) in [5.41, 5.74) is 0.915. The van der Waals surface area contributed by atoms with E-state index in [2.05, 4.69) is 15.6 Å². The Morgan fingerprint density at radius 2 is 1.74 bits per heavy atom. The van der Waals surface area contributed by atoms with E-state index in [9.17, 15) is 5.11 Å². The molecule has 0 fully saturated rings. The Morgan fingerprint density at radius 1 is 1.04 bits per heavy atom. The Balaban J connectivity index is 1.72. The minimum absolute atomic E-state index is 0.503. The van der Waals surface area contributed by atoms with Crippen LogP contribution in [0, 0.1) is 0 Å². The number of nitrogens with one attached hydrogen (secondary N) is 2. The predicted octanol–water partition coefficient (Wildman–Crippen LogP) is 2.75. The zero-order valence-corrected chi connectivity index (χ0v) is 16.0. The number of rotatable bonds is 10. The smallest absolute Gasteiger partial charge is 0.191 e. The van der Waals surface area contributed by atoms with Crippen LogP contribution >= 0.6 is 0 Å². The first-order valence-corrected chi connectivity index (χ1v) is 9.25. The fourth-order valence-corrected chi connectivity index (χ4v) is 2.49. The SMILES string of the molecule is CCNC(=NCCC(O)c1ccccc1)NCCOc1ccc(OC)cc1. The number of benzene rings is 2. The fourth-order valence-electron chi connectivity index (χ4n) is 2.49. The summed E-state index contributed by atoms with van der Waals surface area (Å²) in [4.78, 5) is 4.51. The summed E-state index contributed by atoms with van der Waals surface area (Å²) in [5, 5.41) is 16.6. The predicted molar refractivity (Wildman–Crippen MR) is 108 cm³/mol. The Morgan fingerprint density at radius 3 is 2.41 bits per heavy atom. The number of methoxy groups -OCH3 is 1. The highest BCUT2D eigenvalue weighted by Gasteiger charge is 2.06. The third-order valence-electron chi connectivity index (χ3n) is 3.92. The molecule has 6 heteroatoms. The van der Waals surface area contributed by atoms with Crippen LogP contribution in [-0.2, 0) is 0 Å². The van der Waals surface area contributed by atoms with Gasteiger partial charge in [0.1, 0.15) is 18.1 Å². The summed E-state index contributed by atoms with van der Waals surface area (Å²) in [6, 6.07) is 17.1. The summed E-state index contributed by atoms with van der Waals surface area (Å²) in [7, 11) is 1.64. The second kappa shape index (κ2) is 11.8. The number of hydrogen-bond acceptors (Lipinski definition) is 4. The van der Waals surface area contributed by atoms with Crippen LogP contribution in [0.4, 0.5) is 0 Å². The molecule has 0 saturated heterocycles. The zero-order chi connectivity index (χ0) is 19.3. The van der Waals surface area contributed by atoms with Gasteiger partial charge in [-0.15, -0.1) is 0 Å². The van der Waals surface area contributed by atoms with E-state index in [0.29, 0.717) is 26.1 Å². The van der Waals surface area contributed by atoms with E-state index >= 15 is 0 Å². The van der Waals surface area contributed by atoms with Crippen molar-refractivity contribution in [3.63, 3.8) is 0 Å². The number of aliphatic hydroxyl groups excluding tert-OH is 1. The number of guanidine groups is 1. The molecule has 0 radical (unpaired) electrons. The number of ether oxygens (including phenoxy) is 2. The first-order valence-electron chi connectivity index (χ1n) is 9.25. The Hall–Kier alpha value is -2.73. The van der Waals surface area contributed by atoms with Crippen LogP contribution in [0.2, 0.25) is 0 Å². The number of aliphatic hydroxyl groups is 1. The molecule has 1 unspecified atom stereocenters. The normalized spacial score (nSPS) is 12.3. The van der Waals surface area contributed by atoms with Crippen molar-refractivity contribution < 1.29 is 14.6 Å². The molecular formula is C21H29N3O3. The molecular weight excluding hydrogens is 342 g/mol. The van der Waals surface area contributed by atoms with Crippen LogP contribution in [0.25, 0.3) is 0 Å². The van der Waals surface area contributed by atoms with E-state index in [4.69, 9.17) is 9.47 Å². The van der Waals surface area contributed by atoms with E-state index in [-0.39, 0.29) is 0 Å². The van der Waals surface area contributed by atoms with Crippen molar-refractivity contribution in [2.45, 2.75) is 19.4 Å². The lowest BCUT2D eigenvalue weighted by atomic mass is 10.1. The molecule has 2 aromatic carbocycles. The molecule has 2 rings (SSSR count). The van der Waals surface area contributed by atoms with Gasteiger partial charge < -0.3 is 25.2 Å². The summed E-state index contributed by atoms with van der Waals surface area (Å²) >= 11 is 0. The summed E-state index contributed by atoms with van der Waals surface area (Å²) in [6.45, 7) is 4.46. The number of hydrogen-bond donors (Lipinski definition) is 3.